The minimum atomic E-state index is -1.11. The van der Waals surface area contributed by atoms with Gasteiger partial charge in [0.05, 0.1) is 0 Å². The molecule has 1 aliphatic carbocycles. The van der Waals surface area contributed by atoms with E-state index in [1.54, 1.807) is 12.1 Å². The van der Waals surface area contributed by atoms with Crippen molar-refractivity contribution in [2.75, 3.05) is 13.2 Å². The molecule has 0 saturated carbocycles. The molecule has 2 N–H and O–H groups in total. The fourth-order valence-electron chi connectivity index (χ4n) is 1.88. The van der Waals surface area contributed by atoms with Crippen molar-refractivity contribution in [1.29, 1.82) is 0 Å². The number of carboxylic acids is 1. The summed E-state index contributed by atoms with van der Waals surface area (Å²) in [7, 11) is 0. The first kappa shape index (κ1) is 13.1. The van der Waals surface area contributed by atoms with Gasteiger partial charge in [-0.1, -0.05) is 6.07 Å². The maximum Gasteiger partial charge on any atom is 0.322 e. The van der Waals surface area contributed by atoms with Crippen LogP contribution in [0.4, 0.5) is 0 Å². The van der Waals surface area contributed by atoms with Gasteiger partial charge in [0.2, 0.25) is 0 Å². The zero-order valence-corrected chi connectivity index (χ0v) is 10.1. The average molecular weight is 263 g/mol. The highest BCUT2D eigenvalue weighted by atomic mass is 16.5. The molecule has 0 heterocycles. The highest BCUT2D eigenvalue weighted by Gasteiger charge is 2.19. The number of carbonyl (C=O) groups excluding carboxylic acids is 2. The van der Waals surface area contributed by atoms with Gasteiger partial charge in [-0.15, -0.1) is 0 Å². The second-order valence-electron chi connectivity index (χ2n) is 4.20. The second-order valence-corrected chi connectivity index (χ2v) is 4.20. The van der Waals surface area contributed by atoms with Gasteiger partial charge in [-0.25, -0.2) is 0 Å². The van der Waals surface area contributed by atoms with Crippen LogP contribution >= 0.6 is 0 Å². The Balaban J connectivity index is 1.90. The number of hydrogen-bond donors (Lipinski definition) is 2. The van der Waals surface area contributed by atoms with E-state index in [9.17, 15) is 14.4 Å². The number of fused-ring (bicyclic) bond motifs is 1. The number of carboxylic acid groups (broad SMARTS) is 1. The predicted octanol–water partition coefficient (Wildman–Crippen LogP) is 0.395. The van der Waals surface area contributed by atoms with Crippen molar-refractivity contribution >= 4 is 17.7 Å². The van der Waals surface area contributed by atoms with Gasteiger partial charge >= 0.3 is 5.97 Å². The predicted molar refractivity (Wildman–Crippen MR) is 65.2 cm³/mol. The summed E-state index contributed by atoms with van der Waals surface area (Å²) < 4.78 is 5.22. The smallest absolute Gasteiger partial charge is 0.322 e. The van der Waals surface area contributed by atoms with E-state index in [0.717, 1.165) is 12.0 Å². The Kier molecular flexibility index (Phi) is 3.79. The topological polar surface area (TPSA) is 92.7 Å². The van der Waals surface area contributed by atoms with E-state index in [2.05, 4.69) is 5.32 Å². The summed E-state index contributed by atoms with van der Waals surface area (Å²) in [6.45, 7) is -0.717. The van der Waals surface area contributed by atoms with E-state index in [1.165, 1.54) is 0 Å². The molecular formula is C13H13NO5. The molecule has 2 rings (SSSR count). The Morgan fingerprint density at radius 2 is 2.11 bits per heavy atom. The van der Waals surface area contributed by atoms with Gasteiger partial charge in [-0.2, -0.15) is 0 Å². The maximum absolute atomic E-state index is 11.5. The van der Waals surface area contributed by atoms with E-state index >= 15 is 0 Å². The third kappa shape index (κ3) is 3.31. The molecular weight excluding hydrogens is 250 g/mol. The fourth-order valence-corrected chi connectivity index (χ4v) is 1.88. The number of aryl methyl sites for hydroxylation is 1. The Morgan fingerprint density at radius 1 is 1.32 bits per heavy atom. The molecule has 0 fully saturated rings. The van der Waals surface area contributed by atoms with Crippen LogP contribution in [0.25, 0.3) is 0 Å². The van der Waals surface area contributed by atoms with Crippen molar-refractivity contribution in [3.8, 4) is 5.75 Å². The number of nitrogens with one attached hydrogen (secondary N) is 1. The summed E-state index contributed by atoms with van der Waals surface area (Å²) in [4.78, 5) is 33.0. The molecule has 0 aromatic heterocycles. The van der Waals surface area contributed by atoms with Gasteiger partial charge in [-0.05, 0) is 24.1 Å². The lowest BCUT2D eigenvalue weighted by Gasteiger charge is -2.07. The van der Waals surface area contributed by atoms with Crippen LogP contribution in [0.15, 0.2) is 18.2 Å². The number of Topliss-reactive ketones (excluding diaryl/α,β-unsaturated/α-hetero) is 1. The van der Waals surface area contributed by atoms with Gasteiger partial charge in [0.15, 0.2) is 12.4 Å². The maximum atomic E-state index is 11.5. The van der Waals surface area contributed by atoms with Crippen molar-refractivity contribution in [3.05, 3.63) is 29.3 Å². The highest BCUT2D eigenvalue weighted by molar-refractivity contribution is 6.00. The molecule has 0 spiro atoms. The van der Waals surface area contributed by atoms with Gasteiger partial charge in [0.25, 0.3) is 5.91 Å². The van der Waals surface area contributed by atoms with Crippen molar-refractivity contribution in [2.24, 2.45) is 0 Å². The van der Waals surface area contributed by atoms with Crippen molar-refractivity contribution in [2.45, 2.75) is 12.8 Å². The quantitative estimate of drug-likeness (QED) is 0.802. The summed E-state index contributed by atoms with van der Waals surface area (Å²) in [5.41, 5.74) is 1.64. The van der Waals surface area contributed by atoms with Gasteiger partial charge in [0, 0.05) is 12.0 Å². The van der Waals surface area contributed by atoms with Crippen molar-refractivity contribution < 1.29 is 24.2 Å². The fraction of sp³-hybridized carbons (Fsp3) is 0.308. The number of amides is 1. The van der Waals surface area contributed by atoms with E-state index in [1.807, 2.05) is 6.07 Å². The molecule has 1 amide bonds. The third-order valence-corrected chi connectivity index (χ3v) is 2.81. The second kappa shape index (κ2) is 5.51. The zero-order chi connectivity index (χ0) is 13.8. The molecule has 0 unspecified atom stereocenters. The summed E-state index contributed by atoms with van der Waals surface area (Å²) in [5.74, 6) is -1.12. The van der Waals surface area contributed by atoms with Crippen LogP contribution in [-0.4, -0.2) is 35.9 Å². The van der Waals surface area contributed by atoms with Crippen LogP contribution in [0.3, 0.4) is 0 Å². The van der Waals surface area contributed by atoms with Gasteiger partial charge in [0.1, 0.15) is 12.3 Å². The number of carbonyl (C=O) groups is 3. The van der Waals surface area contributed by atoms with E-state index in [4.69, 9.17) is 9.84 Å². The van der Waals surface area contributed by atoms with Crippen LogP contribution in [0.5, 0.6) is 5.75 Å². The number of ketones is 1. The molecule has 0 atom stereocenters. The largest absolute Gasteiger partial charge is 0.484 e. The molecule has 100 valence electrons. The minimum Gasteiger partial charge on any atom is -0.484 e. The number of hydrogen-bond acceptors (Lipinski definition) is 4. The summed E-state index contributed by atoms with van der Waals surface area (Å²) in [6.07, 6.45) is 1.26. The first-order valence-electron chi connectivity index (χ1n) is 5.83. The standard InChI is InChI=1S/C13H13NO5/c15-11-4-2-8-1-3-9(5-10(8)11)19-7-12(16)14-6-13(17)18/h1,3,5H,2,4,6-7H2,(H,14,16)(H,17,18). The molecule has 6 nitrogen and oxygen atoms in total. The summed E-state index contributed by atoms with van der Waals surface area (Å²) in [5, 5.41) is 10.6. The van der Waals surface area contributed by atoms with Crippen LogP contribution in [-0.2, 0) is 16.0 Å². The Morgan fingerprint density at radius 3 is 2.84 bits per heavy atom. The van der Waals surface area contributed by atoms with E-state index in [-0.39, 0.29) is 12.4 Å². The Hall–Kier alpha value is -2.37. The number of ether oxygens (including phenoxy) is 1. The summed E-state index contributed by atoms with van der Waals surface area (Å²) >= 11 is 0. The molecule has 1 aliphatic rings. The van der Waals surface area contributed by atoms with E-state index in [0.29, 0.717) is 17.7 Å². The molecule has 1 aromatic carbocycles. The Labute approximate surface area is 109 Å². The lowest BCUT2D eigenvalue weighted by atomic mass is 10.1. The molecule has 19 heavy (non-hydrogen) atoms. The molecule has 0 bridgehead atoms. The molecule has 1 aromatic rings. The molecule has 0 aliphatic heterocycles. The van der Waals surface area contributed by atoms with Crippen LogP contribution in [0.1, 0.15) is 22.3 Å². The van der Waals surface area contributed by atoms with Crippen molar-refractivity contribution in [1.82, 2.24) is 5.32 Å². The number of aliphatic carboxylic acids is 1. The number of benzene rings is 1. The average Bonchev–Trinajstić information content (AvgIpc) is 2.75. The SMILES string of the molecule is O=C(O)CNC(=O)COc1ccc2c(c1)C(=O)CC2. The normalized spacial score (nSPS) is 12.9. The third-order valence-electron chi connectivity index (χ3n) is 2.81. The molecule has 6 heteroatoms. The van der Waals surface area contributed by atoms with Crippen LogP contribution in [0.2, 0.25) is 0 Å². The summed E-state index contributed by atoms with van der Waals surface area (Å²) in [6, 6.07) is 5.13. The Bertz CT molecular complexity index is 538. The minimum absolute atomic E-state index is 0.0794. The molecule has 0 saturated heterocycles. The lowest BCUT2D eigenvalue weighted by Crippen LogP contribution is -2.33. The number of rotatable bonds is 5. The first-order chi connectivity index (χ1) is 9.06. The van der Waals surface area contributed by atoms with Crippen LogP contribution in [0, 0.1) is 0 Å². The lowest BCUT2D eigenvalue weighted by molar-refractivity contribution is -0.138. The monoisotopic (exact) mass is 263 g/mol. The zero-order valence-electron chi connectivity index (χ0n) is 10.1. The highest BCUT2D eigenvalue weighted by Crippen LogP contribution is 2.25. The van der Waals surface area contributed by atoms with Crippen LogP contribution < -0.4 is 10.1 Å². The van der Waals surface area contributed by atoms with Gasteiger partial charge in [-0.3, -0.25) is 14.4 Å². The van der Waals surface area contributed by atoms with Gasteiger partial charge < -0.3 is 15.2 Å². The van der Waals surface area contributed by atoms with Crippen molar-refractivity contribution in [3.63, 3.8) is 0 Å². The molecule has 0 radical (unpaired) electrons. The van der Waals surface area contributed by atoms with E-state index < -0.39 is 18.4 Å². The first-order valence-corrected chi connectivity index (χ1v) is 5.83.